The summed E-state index contributed by atoms with van der Waals surface area (Å²) in [4.78, 5) is 20.7. The van der Waals surface area contributed by atoms with Crippen LogP contribution >= 0.6 is 0 Å². The van der Waals surface area contributed by atoms with E-state index < -0.39 is 0 Å². The first-order valence-corrected chi connectivity index (χ1v) is 25.6. The van der Waals surface area contributed by atoms with E-state index in [9.17, 15) is 0 Å². The molecule has 6 heteroatoms. The van der Waals surface area contributed by atoms with Gasteiger partial charge in [-0.1, -0.05) is 170 Å². The maximum Gasteiger partial charge on any atom is 0.160 e. The van der Waals surface area contributed by atoms with Crippen LogP contribution in [0.25, 0.3) is 124 Å². The standard InChI is InChI=1S/C68H48N6/c1-5-19-45(20-6-1)59-43-60(46-21-7-2-8-22-46)70-67(69-59)51-27-17-29-53(39-51)73-63-33-15-13-31-55(63)57-41-49(35-37-65(57)73)50-36-38-66-58(42-50)56-32-14-16-34-64(56)74(66)54-30-18-28-52(40-54)68-71-61(47-23-9-3-10-24-47)44-62(72-68)48-25-11-4-12-26-48/h1-12,15-30,33-44H,13-14,31-32H2. The minimum Gasteiger partial charge on any atom is -0.310 e. The van der Waals surface area contributed by atoms with Crippen molar-refractivity contribution in [1.82, 2.24) is 29.1 Å². The van der Waals surface area contributed by atoms with Gasteiger partial charge in [-0.25, -0.2) is 19.9 Å². The highest BCUT2D eigenvalue weighted by Gasteiger charge is 2.23. The van der Waals surface area contributed by atoms with Crippen LogP contribution in [0.4, 0.5) is 0 Å². The lowest BCUT2D eigenvalue weighted by atomic mass is 9.96. The Labute approximate surface area is 430 Å². The van der Waals surface area contributed by atoms with E-state index >= 15 is 0 Å². The Kier molecular flexibility index (Phi) is 10.7. The van der Waals surface area contributed by atoms with Crippen LogP contribution in [0.2, 0.25) is 0 Å². The number of benzene rings is 8. The van der Waals surface area contributed by atoms with Crippen LogP contribution in [0.3, 0.4) is 0 Å². The summed E-state index contributed by atoms with van der Waals surface area (Å²) in [5, 5.41) is 2.57. The Morgan fingerprint density at radius 2 is 0.649 bits per heavy atom. The number of aryl methyl sites for hydroxylation is 2. The predicted octanol–water partition coefficient (Wildman–Crippen LogP) is 16.7. The number of aromatic nitrogens is 6. The lowest BCUT2D eigenvalue weighted by Crippen LogP contribution is -2.01. The third-order valence-corrected chi connectivity index (χ3v) is 14.7. The largest absolute Gasteiger partial charge is 0.310 e. The van der Waals surface area contributed by atoms with Gasteiger partial charge in [-0.2, -0.15) is 0 Å². The second-order valence-electron chi connectivity index (χ2n) is 19.2. The molecule has 0 saturated heterocycles. The van der Waals surface area contributed by atoms with Crippen LogP contribution in [0.1, 0.15) is 35.4 Å². The van der Waals surface area contributed by atoms with Crippen LogP contribution in [-0.4, -0.2) is 29.1 Å². The number of hydrogen-bond donors (Lipinski definition) is 0. The molecule has 2 aliphatic rings. The number of nitrogens with zero attached hydrogens (tertiary/aromatic N) is 6. The SMILES string of the molecule is C1=Cc2c(c3cc(-c4ccc5c(c4)c4c(n5-c5cccc(-c6nc(-c7ccccc7)cc(-c7ccccc7)n6)c5)C=CCC4)ccc3n2-c2cccc(-c3nc(-c4ccccc4)cc(-c4ccccc4)n3)c2)CC1. The van der Waals surface area contributed by atoms with Gasteiger partial charge >= 0.3 is 0 Å². The van der Waals surface area contributed by atoms with Gasteiger partial charge in [0.05, 0.1) is 33.8 Å². The Balaban J connectivity index is 0.848. The van der Waals surface area contributed by atoms with Gasteiger partial charge in [-0.05, 0) is 121 Å². The zero-order valence-corrected chi connectivity index (χ0v) is 40.6. The molecule has 0 atom stereocenters. The number of allylic oxidation sites excluding steroid dienone is 2. The zero-order valence-electron chi connectivity index (χ0n) is 40.6. The summed E-state index contributed by atoms with van der Waals surface area (Å²) in [6, 6.07) is 77.3. The topological polar surface area (TPSA) is 61.4 Å². The minimum absolute atomic E-state index is 0.699. The van der Waals surface area contributed by atoms with Gasteiger partial charge in [0.25, 0.3) is 0 Å². The minimum atomic E-state index is 0.699. The molecule has 12 aromatic rings. The van der Waals surface area contributed by atoms with Crippen molar-refractivity contribution in [1.29, 1.82) is 0 Å². The number of hydrogen-bond acceptors (Lipinski definition) is 4. The van der Waals surface area contributed by atoms with Crippen LogP contribution < -0.4 is 0 Å². The predicted molar refractivity (Wildman–Crippen MR) is 304 cm³/mol. The van der Waals surface area contributed by atoms with E-state index in [1.165, 1.54) is 55.4 Å². The van der Waals surface area contributed by atoms with E-state index in [1.807, 2.05) is 24.3 Å². The quantitative estimate of drug-likeness (QED) is 0.145. The van der Waals surface area contributed by atoms with E-state index in [0.717, 1.165) is 93.2 Å². The highest BCUT2D eigenvalue weighted by Crippen LogP contribution is 2.41. The summed E-state index contributed by atoms with van der Waals surface area (Å²) in [5.41, 5.74) is 22.0. The fraction of sp³-hybridized carbons (Fsp3) is 0.0588. The van der Waals surface area contributed by atoms with Gasteiger partial charge in [0.1, 0.15) is 0 Å². The molecule has 2 aliphatic carbocycles. The van der Waals surface area contributed by atoms with E-state index in [4.69, 9.17) is 19.9 Å². The fourth-order valence-electron chi connectivity index (χ4n) is 11.1. The molecule has 0 fully saturated rings. The average molecular weight is 949 g/mol. The van der Waals surface area contributed by atoms with Crippen LogP contribution in [-0.2, 0) is 12.8 Å². The highest BCUT2D eigenvalue weighted by molar-refractivity contribution is 5.97. The summed E-state index contributed by atoms with van der Waals surface area (Å²) >= 11 is 0. The molecular weight excluding hydrogens is 901 g/mol. The third-order valence-electron chi connectivity index (χ3n) is 14.7. The summed E-state index contributed by atoms with van der Waals surface area (Å²) in [6.07, 6.45) is 13.2. The molecule has 0 N–H and O–H groups in total. The molecule has 4 heterocycles. The Bertz CT molecular complexity index is 3780. The number of rotatable bonds is 9. The van der Waals surface area contributed by atoms with Crippen molar-refractivity contribution in [3.05, 3.63) is 253 Å². The van der Waals surface area contributed by atoms with Crippen molar-refractivity contribution in [2.45, 2.75) is 25.7 Å². The molecule has 0 amide bonds. The number of fused-ring (bicyclic) bond motifs is 6. The molecule has 4 aromatic heterocycles. The van der Waals surface area contributed by atoms with Gasteiger partial charge in [0.2, 0.25) is 0 Å². The Morgan fingerprint density at radius 1 is 0.297 bits per heavy atom. The van der Waals surface area contributed by atoms with E-state index in [2.05, 4.69) is 228 Å². The second-order valence-corrected chi connectivity index (χ2v) is 19.2. The van der Waals surface area contributed by atoms with Gasteiger partial charge in [-0.15, -0.1) is 0 Å². The monoisotopic (exact) mass is 948 g/mol. The summed E-state index contributed by atoms with van der Waals surface area (Å²) < 4.78 is 4.86. The molecule has 14 rings (SSSR count). The van der Waals surface area contributed by atoms with Crippen molar-refractivity contribution in [3.8, 4) is 90.3 Å². The maximum absolute atomic E-state index is 5.18. The smallest absolute Gasteiger partial charge is 0.160 e. The summed E-state index contributed by atoms with van der Waals surface area (Å²) in [5.74, 6) is 1.40. The summed E-state index contributed by atoms with van der Waals surface area (Å²) in [7, 11) is 0. The van der Waals surface area contributed by atoms with Gasteiger partial charge in [-0.3, -0.25) is 0 Å². The van der Waals surface area contributed by atoms with E-state index in [0.29, 0.717) is 11.6 Å². The molecule has 0 aliphatic heterocycles. The molecule has 74 heavy (non-hydrogen) atoms. The third kappa shape index (κ3) is 7.76. The van der Waals surface area contributed by atoms with Crippen LogP contribution in [0.15, 0.2) is 231 Å². The van der Waals surface area contributed by atoms with Gasteiger partial charge in [0.15, 0.2) is 11.6 Å². The molecule has 0 spiro atoms. The van der Waals surface area contributed by atoms with Gasteiger partial charge in [0, 0.05) is 66.9 Å². The first-order chi connectivity index (χ1) is 36.7. The van der Waals surface area contributed by atoms with Gasteiger partial charge < -0.3 is 9.13 Å². The summed E-state index contributed by atoms with van der Waals surface area (Å²) in [6.45, 7) is 0. The van der Waals surface area contributed by atoms with Crippen molar-refractivity contribution < 1.29 is 0 Å². The lowest BCUT2D eigenvalue weighted by Gasteiger charge is -2.14. The van der Waals surface area contributed by atoms with Crippen molar-refractivity contribution >= 4 is 34.0 Å². The molecule has 350 valence electrons. The molecule has 0 bridgehead atoms. The molecule has 8 aromatic carbocycles. The highest BCUT2D eigenvalue weighted by atomic mass is 15.0. The first kappa shape index (κ1) is 43.3. The molecule has 0 radical (unpaired) electrons. The fourth-order valence-corrected chi connectivity index (χ4v) is 11.1. The average Bonchev–Trinajstić information content (AvgIpc) is 4.00. The van der Waals surface area contributed by atoms with Crippen LogP contribution in [0.5, 0.6) is 0 Å². The van der Waals surface area contributed by atoms with E-state index in [1.54, 1.807) is 0 Å². The molecule has 0 unspecified atom stereocenters. The Morgan fingerprint density at radius 3 is 1.01 bits per heavy atom. The maximum atomic E-state index is 5.18. The molecule has 6 nitrogen and oxygen atoms in total. The second kappa shape index (κ2) is 18.3. The molecule has 0 saturated carbocycles. The Hall–Kier alpha value is -9.52. The first-order valence-electron chi connectivity index (χ1n) is 25.6. The normalized spacial score (nSPS) is 12.8. The van der Waals surface area contributed by atoms with Crippen molar-refractivity contribution in [2.75, 3.05) is 0 Å². The van der Waals surface area contributed by atoms with Crippen molar-refractivity contribution in [3.63, 3.8) is 0 Å². The zero-order chi connectivity index (χ0) is 49.0. The van der Waals surface area contributed by atoms with E-state index in [-0.39, 0.29) is 0 Å². The molecular formula is C68H48N6. The lowest BCUT2D eigenvalue weighted by molar-refractivity contribution is 0.967. The van der Waals surface area contributed by atoms with Crippen molar-refractivity contribution in [2.24, 2.45) is 0 Å². The van der Waals surface area contributed by atoms with Crippen LogP contribution in [0, 0.1) is 0 Å².